The standard InChI is InChI=1S/C24H26N2O4S/c1-4-22(30-19-13-11-18(12-14-19)26(2)31(3,28)29)24(27)25-21-15-10-17-9-8-16-6-5-7-20(21)23(16)17/h5-7,10-15,22H,4,8-9H2,1-3H3,(H,25,27)/t22-/m0/s1. The van der Waals surface area contributed by atoms with E-state index in [9.17, 15) is 13.2 Å². The van der Waals surface area contributed by atoms with Gasteiger partial charge in [0.05, 0.1) is 11.9 Å². The number of hydrogen-bond donors (Lipinski definition) is 1. The molecule has 0 spiro atoms. The van der Waals surface area contributed by atoms with Gasteiger partial charge in [-0.2, -0.15) is 0 Å². The van der Waals surface area contributed by atoms with Crippen LogP contribution in [-0.4, -0.2) is 33.7 Å². The first-order chi connectivity index (χ1) is 14.8. The van der Waals surface area contributed by atoms with Crippen LogP contribution in [0, 0.1) is 0 Å². The average Bonchev–Trinajstić information content (AvgIpc) is 3.18. The van der Waals surface area contributed by atoms with Gasteiger partial charge in [0.1, 0.15) is 5.75 Å². The number of hydrogen-bond acceptors (Lipinski definition) is 4. The molecule has 7 heteroatoms. The van der Waals surface area contributed by atoms with E-state index in [0.717, 1.165) is 30.2 Å². The van der Waals surface area contributed by atoms with Crippen LogP contribution in [0.2, 0.25) is 0 Å². The van der Waals surface area contributed by atoms with Crippen LogP contribution in [0.1, 0.15) is 24.5 Å². The maximum absolute atomic E-state index is 13.0. The maximum Gasteiger partial charge on any atom is 0.265 e. The normalized spacial score (nSPS) is 13.8. The maximum atomic E-state index is 13.0. The second-order valence-corrected chi connectivity index (χ2v) is 9.85. The van der Waals surface area contributed by atoms with Gasteiger partial charge in [0.25, 0.3) is 5.91 Å². The van der Waals surface area contributed by atoms with Gasteiger partial charge in [-0.25, -0.2) is 8.42 Å². The van der Waals surface area contributed by atoms with Crippen molar-refractivity contribution in [3.63, 3.8) is 0 Å². The van der Waals surface area contributed by atoms with Crippen molar-refractivity contribution in [2.45, 2.75) is 32.3 Å². The van der Waals surface area contributed by atoms with Crippen LogP contribution < -0.4 is 14.4 Å². The van der Waals surface area contributed by atoms with Crippen molar-refractivity contribution in [3.05, 3.63) is 65.7 Å². The average molecular weight is 439 g/mol. The fraction of sp³-hybridized carbons (Fsp3) is 0.292. The molecule has 1 atom stereocenters. The summed E-state index contributed by atoms with van der Waals surface area (Å²) in [6.45, 7) is 1.89. The number of amides is 1. The van der Waals surface area contributed by atoms with E-state index in [1.54, 1.807) is 24.3 Å². The van der Waals surface area contributed by atoms with Crippen LogP contribution in [0.3, 0.4) is 0 Å². The number of aryl methyl sites for hydroxylation is 2. The van der Waals surface area contributed by atoms with E-state index in [1.165, 1.54) is 27.9 Å². The van der Waals surface area contributed by atoms with Crippen LogP contribution in [0.4, 0.5) is 11.4 Å². The Morgan fingerprint density at radius 1 is 1.06 bits per heavy atom. The van der Waals surface area contributed by atoms with Crippen molar-refractivity contribution in [2.24, 2.45) is 0 Å². The smallest absolute Gasteiger partial charge is 0.265 e. The minimum atomic E-state index is -3.34. The Bertz CT molecular complexity index is 1230. The second kappa shape index (κ2) is 8.23. The Balaban J connectivity index is 1.50. The lowest BCUT2D eigenvalue weighted by molar-refractivity contribution is -0.122. The van der Waals surface area contributed by atoms with Gasteiger partial charge in [-0.15, -0.1) is 0 Å². The summed E-state index contributed by atoms with van der Waals surface area (Å²) in [5.41, 5.74) is 3.97. The zero-order chi connectivity index (χ0) is 22.2. The summed E-state index contributed by atoms with van der Waals surface area (Å²) < 4.78 is 30.5. The lowest BCUT2D eigenvalue weighted by Crippen LogP contribution is -2.32. The molecular formula is C24H26N2O4S. The third kappa shape index (κ3) is 4.23. The van der Waals surface area contributed by atoms with Crippen molar-refractivity contribution in [1.29, 1.82) is 0 Å². The summed E-state index contributed by atoms with van der Waals surface area (Å²) in [5.74, 6) is 0.298. The molecule has 0 fully saturated rings. The number of carbonyl (C=O) groups excluding carboxylic acids is 1. The van der Waals surface area contributed by atoms with Crippen molar-refractivity contribution in [1.82, 2.24) is 0 Å². The highest BCUT2D eigenvalue weighted by Crippen LogP contribution is 2.35. The van der Waals surface area contributed by atoms with Gasteiger partial charge in [0, 0.05) is 18.1 Å². The fourth-order valence-electron chi connectivity index (χ4n) is 3.98. The van der Waals surface area contributed by atoms with Gasteiger partial charge < -0.3 is 10.1 Å². The van der Waals surface area contributed by atoms with Crippen molar-refractivity contribution in [2.75, 3.05) is 22.9 Å². The molecule has 0 saturated heterocycles. The summed E-state index contributed by atoms with van der Waals surface area (Å²) in [6, 6.07) is 16.9. The molecule has 3 aromatic carbocycles. The van der Waals surface area contributed by atoms with Crippen molar-refractivity contribution < 1.29 is 17.9 Å². The predicted octanol–water partition coefficient (Wildman–Crippen LogP) is 4.13. The Morgan fingerprint density at radius 3 is 2.39 bits per heavy atom. The van der Waals surface area contributed by atoms with Gasteiger partial charge >= 0.3 is 0 Å². The molecule has 31 heavy (non-hydrogen) atoms. The van der Waals surface area contributed by atoms with Crippen molar-refractivity contribution >= 4 is 38.1 Å². The number of benzene rings is 3. The van der Waals surface area contributed by atoms with E-state index in [2.05, 4.69) is 17.4 Å². The van der Waals surface area contributed by atoms with Crippen LogP contribution >= 0.6 is 0 Å². The highest BCUT2D eigenvalue weighted by atomic mass is 32.2. The molecule has 6 nitrogen and oxygen atoms in total. The molecule has 0 radical (unpaired) electrons. The molecule has 0 aliphatic heterocycles. The van der Waals surface area contributed by atoms with E-state index in [4.69, 9.17) is 4.74 Å². The Morgan fingerprint density at radius 2 is 1.74 bits per heavy atom. The van der Waals surface area contributed by atoms with Crippen molar-refractivity contribution in [3.8, 4) is 5.75 Å². The zero-order valence-corrected chi connectivity index (χ0v) is 18.7. The Labute approximate surface area is 182 Å². The molecule has 0 unspecified atom stereocenters. The highest BCUT2D eigenvalue weighted by molar-refractivity contribution is 7.92. The largest absolute Gasteiger partial charge is 0.481 e. The third-order valence-electron chi connectivity index (χ3n) is 5.77. The number of carbonyl (C=O) groups is 1. The summed E-state index contributed by atoms with van der Waals surface area (Å²) in [6.07, 6.45) is 3.05. The molecule has 162 valence electrons. The van der Waals surface area contributed by atoms with Gasteiger partial charge in [0.2, 0.25) is 10.0 Å². The molecule has 0 saturated carbocycles. The lowest BCUT2D eigenvalue weighted by Gasteiger charge is -2.20. The Hall–Kier alpha value is -3.06. The Kier molecular flexibility index (Phi) is 5.62. The summed E-state index contributed by atoms with van der Waals surface area (Å²) in [4.78, 5) is 13.0. The number of nitrogens with one attached hydrogen (secondary N) is 1. The van der Waals surface area contributed by atoms with Gasteiger partial charge in [-0.3, -0.25) is 9.10 Å². The molecule has 4 rings (SSSR count). The van der Waals surface area contributed by atoms with Crippen LogP contribution in [0.25, 0.3) is 10.8 Å². The molecular weight excluding hydrogens is 412 g/mol. The monoisotopic (exact) mass is 438 g/mol. The van der Waals surface area contributed by atoms with E-state index in [1.807, 2.05) is 25.1 Å². The first-order valence-electron chi connectivity index (χ1n) is 10.3. The number of anilines is 2. The van der Waals surface area contributed by atoms with E-state index >= 15 is 0 Å². The topological polar surface area (TPSA) is 75.7 Å². The van der Waals surface area contributed by atoms with Gasteiger partial charge in [0.15, 0.2) is 6.10 Å². The SMILES string of the molecule is CC[C@H](Oc1ccc(N(C)S(C)(=O)=O)cc1)C(=O)Nc1ccc2c3c(cccc13)CC2. The lowest BCUT2D eigenvalue weighted by atomic mass is 10.0. The number of nitrogens with zero attached hydrogens (tertiary/aromatic N) is 1. The number of ether oxygens (including phenoxy) is 1. The molecule has 3 aromatic rings. The molecule has 1 aliphatic rings. The van der Waals surface area contributed by atoms with E-state index in [-0.39, 0.29) is 5.91 Å². The van der Waals surface area contributed by atoms with Crippen LogP contribution in [-0.2, 0) is 27.7 Å². The predicted molar refractivity (Wildman–Crippen MR) is 124 cm³/mol. The molecule has 0 bridgehead atoms. The first kappa shape index (κ1) is 21.2. The molecule has 1 N–H and O–H groups in total. The van der Waals surface area contributed by atoms with Gasteiger partial charge in [-0.1, -0.05) is 31.2 Å². The second-order valence-electron chi connectivity index (χ2n) is 7.84. The van der Waals surface area contributed by atoms with Crippen LogP contribution in [0.15, 0.2) is 54.6 Å². The van der Waals surface area contributed by atoms with Gasteiger partial charge in [-0.05, 0) is 66.1 Å². The number of rotatable bonds is 7. The first-order valence-corrected chi connectivity index (χ1v) is 12.2. The zero-order valence-electron chi connectivity index (χ0n) is 17.9. The molecule has 1 amide bonds. The minimum Gasteiger partial charge on any atom is -0.481 e. The quantitative estimate of drug-likeness (QED) is 0.602. The third-order valence-corrected chi connectivity index (χ3v) is 6.98. The highest BCUT2D eigenvalue weighted by Gasteiger charge is 2.22. The summed E-state index contributed by atoms with van der Waals surface area (Å²) >= 11 is 0. The molecule has 0 aromatic heterocycles. The fourth-order valence-corrected chi connectivity index (χ4v) is 4.49. The number of sulfonamides is 1. The molecule has 1 aliphatic carbocycles. The van der Waals surface area contributed by atoms with E-state index in [0.29, 0.717) is 17.9 Å². The molecule has 0 heterocycles. The minimum absolute atomic E-state index is 0.210. The summed E-state index contributed by atoms with van der Waals surface area (Å²) in [7, 11) is -1.84. The van der Waals surface area contributed by atoms with E-state index < -0.39 is 16.1 Å². The summed E-state index contributed by atoms with van der Waals surface area (Å²) in [5, 5.41) is 5.35. The van der Waals surface area contributed by atoms with Crippen LogP contribution in [0.5, 0.6) is 5.75 Å².